The fourth-order valence-electron chi connectivity index (χ4n) is 2.96. The number of ether oxygens (including phenoxy) is 1. The molecule has 1 N–H and O–H groups in total. The van der Waals surface area contributed by atoms with E-state index in [0.717, 1.165) is 25.1 Å². The number of hydrogen-bond acceptors (Lipinski definition) is 3. The third kappa shape index (κ3) is 3.25. The smallest absolute Gasteiger partial charge is 0.0845 e. The van der Waals surface area contributed by atoms with Crippen molar-refractivity contribution in [2.24, 2.45) is 0 Å². The Hall–Kier alpha value is -1.45. The van der Waals surface area contributed by atoms with E-state index in [1.807, 2.05) is 12.3 Å². The van der Waals surface area contributed by atoms with E-state index in [0.29, 0.717) is 0 Å². The molecule has 2 rings (SSSR count). The summed E-state index contributed by atoms with van der Waals surface area (Å²) < 4.78 is 6.11. The van der Waals surface area contributed by atoms with Gasteiger partial charge in [-0.25, -0.2) is 0 Å². The molecule has 0 radical (unpaired) electrons. The molecule has 0 aliphatic carbocycles. The minimum absolute atomic E-state index is 0.153. The zero-order valence-electron chi connectivity index (χ0n) is 13.5. The predicted molar refractivity (Wildman–Crippen MR) is 88.5 cm³/mol. The number of likely N-dealkylation sites (N-methyl/N-ethyl adjacent to an activating group) is 1. The third-order valence-corrected chi connectivity index (χ3v) is 4.19. The molecule has 0 aliphatic rings. The average Bonchev–Trinajstić information content (AvgIpc) is 2.52. The largest absolute Gasteiger partial charge is 0.374 e. The van der Waals surface area contributed by atoms with Gasteiger partial charge < -0.3 is 10.1 Å². The number of aromatic nitrogens is 1. The van der Waals surface area contributed by atoms with Crippen LogP contribution in [0.25, 0.3) is 10.9 Å². The Kier molecular flexibility index (Phi) is 5.32. The van der Waals surface area contributed by atoms with E-state index in [-0.39, 0.29) is 11.6 Å². The van der Waals surface area contributed by atoms with E-state index in [9.17, 15) is 0 Å². The van der Waals surface area contributed by atoms with Gasteiger partial charge in [0.05, 0.1) is 17.2 Å². The lowest BCUT2D eigenvalue weighted by Crippen LogP contribution is -2.43. The van der Waals surface area contributed by atoms with Crippen molar-refractivity contribution in [3.8, 4) is 0 Å². The van der Waals surface area contributed by atoms with E-state index < -0.39 is 0 Å². The molecule has 1 aromatic heterocycles. The van der Waals surface area contributed by atoms with Crippen LogP contribution in [0.1, 0.15) is 45.7 Å². The van der Waals surface area contributed by atoms with E-state index in [2.05, 4.69) is 62.3 Å². The molecule has 2 aromatic rings. The van der Waals surface area contributed by atoms with Gasteiger partial charge in [0.15, 0.2) is 0 Å². The van der Waals surface area contributed by atoms with Gasteiger partial charge >= 0.3 is 0 Å². The number of benzene rings is 1. The van der Waals surface area contributed by atoms with Crippen LogP contribution in [0, 0.1) is 0 Å². The summed E-state index contributed by atoms with van der Waals surface area (Å²) in [4.78, 5) is 4.47. The number of nitrogens with one attached hydrogen (secondary N) is 1. The van der Waals surface area contributed by atoms with E-state index in [1.54, 1.807) is 0 Å². The van der Waals surface area contributed by atoms with Crippen LogP contribution in [0.3, 0.4) is 0 Å². The Labute approximate surface area is 127 Å². The SMILES string of the molecule is CCNC(c1cccc2ncccc12)C(C)(CC)OCC. The van der Waals surface area contributed by atoms with Crippen LogP contribution in [-0.4, -0.2) is 23.7 Å². The molecule has 0 fully saturated rings. The molecule has 3 nitrogen and oxygen atoms in total. The van der Waals surface area contributed by atoms with Gasteiger partial charge in [0, 0.05) is 18.2 Å². The standard InChI is InChI=1S/C18H26N2O/c1-5-18(4,21-7-3)17(19-6-2)15-10-8-12-16-14(15)11-9-13-20-16/h8-13,17,19H,5-7H2,1-4H3. The van der Waals surface area contributed by atoms with E-state index >= 15 is 0 Å². The first-order valence-electron chi connectivity index (χ1n) is 7.87. The first kappa shape index (κ1) is 15.9. The van der Waals surface area contributed by atoms with Crippen LogP contribution in [0.2, 0.25) is 0 Å². The minimum Gasteiger partial charge on any atom is -0.374 e. The molecule has 0 spiro atoms. The number of rotatable bonds is 7. The Morgan fingerprint density at radius 1 is 1.19 bits per heavy atom. The van der Waals surface area contributed by atoms with Crippen LogP contribution >= 0.6 is 0 Å². The highest BCUT2D eigenvalue weighted by atomic mass is 16.5. The van der Waals surface area contributed by atoms with E-state index in [1.165, 1.54) is 10.9 Å². The minimum atomic E-state index is -0.227. The van der Waals surface area contributed by atoms with Crippen molar-refractivity contribution in [2.75, 3.05) is 13.2 Å². The summed E-state index contributed by atoms with van der Waals surface area (Å²) in [6, 6.07) is 10.6. The summed E-state index contributed by atoms with van der Waals surface area (Å²) in [6.07, 6.45) is 2.80. The van der Waals surface area contributed by atoms with Gasteiger partial charge in [-0.05, 0) is 44.5 Å². The molecular formula is C18H26N2O. The number of nitrogens with zero attached hydrogens (tertiary/aromatic N) is 1. The van der Waals surface area contributed by atoms with Crippen molar-refractivity contribution < 1.29 is 4.74 Å². The molecule has 1 heterocycles. The first-order chi connectivity index (χ1) is 10.2. The highest BCUT2D eigenvalue weighted by Gasteiger charge is 2.34. The van der Waals surface area contributed by atoms with Gasteiger partial charge in [-0.1, -0.05) is 32.0 Å². The summed E-state index contributed by atoms with van der Waals surface area (Å²) in [7, 11) is 0. The first-order valence-corrected chi connectivity index (χ1v) is 7.87. The number of fused-ring (bicyclic) bond motifs is 1. The zero-order valence-corrected chi connectivity index (χ0v) is 13.5. The third-order valence-electron chi connectivity index (χ3n) is 4.19. The molecule has 3 heteroatoms. The second-order valence-electron chi connectivity index (χ2n) is 5.51. The van der Waals surface area contributed by atoms with Crippen LogP contribution in [-0.2, 0) is 4.74 Å². The van der Waals surface area contributed by atoms with Crippen LogP contribution < -0.4 is 5.32 Å². The Bertz CT molecular complexity index is 579. The second-order valence-corrected chi connectivity index (χ2v) is 5.51. The van der Waals surface area contributed by atoms with Gasteiger partial charge in [0.2, 0.25) is 0 Å². The van der Waals surface area contributed by atoms with Gasteiger partial charge in [0.1, 0.15) is 0 Å². The quantitative estimate of drug-likeness (QED) is 0.832. The molecule has 1 aromatic carbocycles. The maximum Gasteiger partial charge on any atom is 0.0845 e. The van der Waals surface area contributed by atoms with Crippen LogP contribution in [0.15, 0.2) is 36.5 Å². The molecular weight excluding hydrogens is 260 g/mol. The molecule has 0 saturated carbocycles. The highest BCUT2D eigenvalue weighted by Crippen LogP contribution is 2.35. The van der Waals surface area contributed by atoms with Gasteiger partial charge in [-0.15, -0.1) is 0 Å². The second kappa shape index (κ2) is 7.01. The molecule has 0 aliphatic heterocycles. The Balaban J connectivity index is 2.54. The summed E-state index contributed by atoms with van der Waals surface area (Å²) >= 11 is 0. The predicted octanol–water partition coefficient (Wildman–Crippen LogP) is 4.09. The van der Waals surface area contributed by atoms with Crippen molar-refractivity contribution in [3.05, 3.63) is 42.1 Å². The van der Waals surface area contributed by atoms with Gasteiger partial charge in [-0.3, -0.25) is 4.98 Å². The molecule has 21 heavy (non-hydrogen) atoms. The topological polar surface area (TPSA) is 34.2 Å². The number of pyridine rings is 1. The van der Waals surface area contributed by atoms with Gasteiger partial charge in [-0.2, -0.15) is 0 Å². The Morgan fingerprint density at radius 3 is 2.67 bits per heavy atom. The molecule has 0 saturated heterocycles. The maximum absolute atomic E-state index is 6.11. The highest BCUT2D eigenvalue weighted by molar-refractivity contribution is 5.82. The van der Waals surface area contributed by atoms with Crippen molar-refractivity contribution in [1.29, 1.82) is 0 Å². The molecule has 2 unspecified atom stereocenters. The fourth-order valence-corrected chi connectivity index (χ4v) is 2.96. The van der Waals surface area contributed by atoms with Gasteiger partial charge in [0.25, 0.3) is 0 Å². The summed E-state index contributed by atoms with van der Waals surface area (Å²) in [5.74, 6) is 0. The molecule has 2 atom stereocenters. The molecule has 0 amide bonds. The van der Waals surface area contributed by atoms with Crippen molar-refractivity contribution in [1.82, 2.24) is 10.3 Å². The van der Waals surface area contributed by atoms with Crippen molar-refractivity contribution in [2.45, 2.75) is 45.8 Å². The summed E-state index contributed by atoms with van der Waals surface area (Å²) in [5.41, 5.74) is 2.07. The number of hydrogen-bond donors (Lipinski definition) is 1. The maximum atomic E-state index is 6.11. The lowest BCUT2D eigenvalue weighted by Gasteiger charge is -2.38. The Morgan fingerprint density at radius 2 is 2.00 bits per heavy atom. The zero-order chi connectivity index (χ0) is 15.3. The monoisotopic (exact) mass is 286 g/mol. The van der Waals surface area contributed by atoms with E-state index in [4.69, 9.17) is 4.74 Å². The van der Waals surface area contributed by atoms with Crippen molar-refractivity contribution >= 4 is 10.9 Å². The normalized spacial score (nSPS) is 15.8. The molecule has 0 bridgehead atoms. The molecule has 114 valence electrons. The van der Waals surface area contributed by atoms with Crippen LogP contribution in [0.5, 0.6) is 0 Å². The van der Waals surface area contributed by atoms with Crippen LogP contribution in [0.4, 0.5) is 0 Å². The average molecular weight is 286 g/mol. The lowest BCUT2D eigenvalue weighted by molar-refractivity contribution is -0.0556. The summed E-state index contributed by atoms with van der Waals surface area (Å²) in [6.45, 7) is 10.2. The lowest BCUT2D eigenvalue weighted by atomic mass is 9.85. The van der Waals surface area contributed by atoms with Crippen molar-refractivity contribution in [3.63, 3.8) is 0 Å². The fraction of sp³-hybridized carbons (Fsp3) is 0.500. The summed E-state index contributed by atoms with van der Waals surface area (Å²) in [5, 5.41) is 4.81.